The van der Waals surface area contributed by atoms with Crippen molar-refractivity contribution in [2.45, 2.75) is 38.9 Å². The summed E-state index contributed by atoms with van der Waals surface area (Å²) in [6.45, 7) is 5.82. The lowest BCUT2D eigenvalue weighted by molar-refractivity contribution is -0.124. The third-order valence-corrected chi connectivity index (χ3v) is 5.19. The standard InChI is InChI=1S/C17H22N6O/c1-10-3-11(2)13(4-12(10)7-23-9-18-8-20-23)14-5-16(24)21-17-15(14)6-19-22-17/h3-4,8-9,14-15,17,19,22H,5-7H2,1-2H3,(H,21,24). The van der Waals surface area contributed by atoms with Crippen LogP contribution in [0, 0.1) is 19.8 Å². The lowest BCUT2D eigenvalue weighted by Gasteiger charge is -2.34. The summed E-state index contributed by atoms with van der Waals surface area (Å²) < 4.78 is 1.83. The van der Waals surface area contributed by atoms with Crippen LogP contribution in [0.3, 0.4) is 0 Å². The summed E-state index contributed by atoms with van der Waals surface area (Å²) in [7, 11) is 0. The van der Waals surface area contributed by atoms with Gasteiger partial charge in [-0.3, -0.25) is 10.2 Å². The zero-order valence-corrected chi connectivity index (χ0v) is 13.9. The molecule has 3 unspecified atom stereocenters. The van der Waals surface area contributed by atoms with Crippen LogP contribution in [0.25, 0.3) is 0 Å². The van der Waals surface area contributed by atoms with Gasteiger partial charge in [-0.25, -0.2) is 15.1 Å². The van der Waals surface area contributed by atoms with E-state index in [4.69, 9.17) is 0 Å². The number of nitrogens with one attached hydrogen (secondary N) is 3. The van der Waals surface area contributed by atoms with E-state index in [-0.39, 0.29) is 18.0 Å². The number of aryl methyl sites for hydroxylation is 2. The molecule has 4 rings (SSSR count). The minimum Gasteiger partial charge on any atom is -0.339 e. The number of fused-ring (bicyclic) bond motifs is 1. The summed E-state index contributed by atoms with van der Waals surface area (Å²) in [5.41, 5.74) is 11.3. The molecular formula is C17H22N6O. The normalized spacial score (nSPS) is 26.2. The molecule has 1 amide bonds. The molecule has 24 heavy (non-hydrogen) atoms. The van der Waals surface area contributed by atoms with Crippen molar-refractivity contribution in [3.8, 4) is 0 Å². The zero-order valence-electron chi connectivity index (χ0n) is 13.9. The van der Waals surface area contributed by atoms with Crippen LogP contribution in [0.5, 0.6) is 0 Å². The van der Waals surface area contributed by atoms with Gasteiger partial charge in [0.05, 0.1) is 12.7 Å². The van der Waals surface area contributed by atoms with Gasteiger partial charge in [-0.05, 0) is 36.1 Å². The monoisotopic (exact) mass is 326 g/mol. The van der Waals surface area contributed by atoms with Crippen molar-refractivity contribution >= 4 is 5.91 Å². The lowest BCUT2D eigenvalue weighted by atomic mass is 9.77. The van der Waals surface area contributed by atoms with Gasteiger partial charge in [-0.2, -0.15) is 5.10 Å². The number of rotatable bonds is 3. The van der Waals surface area contributed by atoms with E-state index in [2.05, 4.69) is 52.2 Å². The summed E-state index contributed by atoms with van der Waals surface area (Å²) in [6.07, 6.45) is 3.83. The number of carbonyl (C=O) groups excluding carboxylic acids is 1. The highest BCUT2D eigenvalue weighted by atomic mass is 16.2. The van der Waals surface area contributed by atoms with E-state index in [1.54, 1.807) is 12.7 Å². The van der Waals surface area contributed by atoms with Gasteiger partial charge in [0.1, 0.15) is 12.7 Å². The van der Waals surface area contributed by atoms with Crippen molar-refractivity contribution in [2.75, 3.05) is 6.54 Å². The van der Waals surface area contributed by atoms with Gasteiger partial charge in [0, 0.05) is 24.8 Å². The van der Waals surface area contributed by atoms with Crippen LogP contribution in [0.4, 0.5) is 0 Å². The number of hydrazine groups is 1. The van der Waals surface area contributed by atoms with Crippen LogP contribution in [-0.4, -0.2) is 33.4 Å². The highest BCUT2D eigenvalue weighted by molar-refractivity contribution is 5.78. The number of nitrogens with zero attached hydrogens (tertiary/aromatic N) is 3. The molecule has 2 aliphatic heterocycles. The molecule has 0 bridgehead atoms. The molecule has 7 nitrogen and oxygen atoms in total. The van der Waals surface area contributed by atoms with Gasteiger partial charge < -0.3 is 5.32 Å². The Balaban J connectivity index is 1.70. The number of benzene rings is 1. The fourth-order valence-corrected chi connectivity index (χ4v) is 3.93. The van der Waals surface area contributed by atoms with E-state index in [0.29, 0.717) is 18.9 Å². The van der Waals surface area contributed by atoms with Crippen LogP contribution in [0.15, 0.2) is 24.8 Å². The molecule has 126 valence electrons. The van der Waals surface area contributed by atoms with Gasteiger partial charge in [0.15, 0.2) is 0 Å². The minimum absolute atomic E-state index is 0.00992. The van der Waals surface area contributed by atoms with Gasteiger partial charge in [-0.1, -0.05) is 12.1 Å². The molecule has 2 fully saturated rings. The average molecular weight is 326 g/mol. The first-order chi connectivity index (χ1) is 11.6. The molecule has 0 radical (unpaired) electrons. The highest BCUT2D eigenvalue weighted by Crippen LogP contribution is 2.37. The first-order valence-electron chi connectivity index (χ1n) is 8.32. The average Bonchev–Trinajstić information content (AvgIpc) is 3.20. The Kier molecular flexibility index (Phi) is 3.82. The SMILES string of the molecule is Cc1cc(C)c(C2CC(=O)NC3NNCC32)cc1Cn1cncn1. The molecule has 7 heteroatoms. The van der Waals surface area contributed by atoms with Gasteiger partial charge in [-0.15, -0.1) is 0 Å². The maximum Gasteiger partial charge on any atom is 0.221 e. The Bertz CT molecular complexity index is 757. The smallest absolute Gasteiger partial charge is 0.221 e. The van der Waals surface area contributed by atoms with Crippen molar-refractivity contribution in [1.82, 2.24) is 30.9 Å². The summed E-state index contributed by atoms with van der Waals surface area (Å²) in [5.74, 6) is 0.694. The summed E-state index contributed by atoms with van der Waals surface area (Å²) >= 11 is 0. The van der Waals surface area contributed by atoms with Gasteiger partial charge in [0.25, 0.3) is 0 Å². The summed E-state index contributed by atoms with van der Waals surface area (Å²) in [6, 6.07) is 4.48. The Morgan fingerprint density at radius 3 is 2.96 bits per heavy atom. The fraction of sp³-hybridized carbons (Fsp3) is 0.471. The molecule has 2 saturated heterocycles. The highest BCUT2D eigenvalue weighted by Gasteiger charge is 2.41. The van der Waals surface area contributed by atoms with E-state index in [9.17, 15) is 4.79 Å². The van der Waals surface area contributed by atoms with Gasteiger partial charge in [0.2, 0.25) is 5.91 Å². The molecule has 0 spiro atoms. The Morgan fingerprint density at radius 2 is 2.17 bits per heavy atom. The first kappa shape index (κ1) is 15.3. The van der Waals surface area contributed by atoms with Crippen LogP contribution in [0.1, 0.15) is 34.6 Å². The number of hydrogen-bond donors (Lipinski definition) is 3. The number of hydrogen-bond acceptors (Lipinski definition) is 5. The molecule has 0 saturated carbocycles. The van der Waals surface area contributed by atoms with E-state index < -0.39 is 0 Å². The predicted octanol–water partition coefficient (Wildman–Crippen LogP) is 0.597. The molecule has 2 aliphatic rings. The molecular weight excluding hydrogens is 304 g/mol. The molecule has 1 aromatic heterocycles. The van der Waals surface area contributed by atoms with Crippen molar-refractivity contribution in [3.63, 3.8) is 0 Å². The third-order valence-electron chi connectivity index (χ3n) is 5.19. The van der Waals surface area contributed by atoms with E-state index in [1.807, 2.05) is 4.68 Å². The van der Waals surface area contributed by atoms with Crippen molar-refractivity contribution in [3.05, 3.63) is 47.0 Å². The van der Waals surface area contributed by atoms with Crippen LogP contribution >= 0.6 is 0 Å². The van der Waals surface area contributed by atoms with Crippen LogP contribution in [-0.2, 0) is 11.3 Å². The second kappa shape index (κ2) is 5.99. The second-order valence-electron chi connectivity index (χ2n) is 6.77. The summed E-state index contributed by atoms with van der Waals surface area (Å²) in [5, 5.41) is 7.23. The maximum atomic E-state index is 12.1. The number of amides is 1. The van der Waals surface area contributed by atoms with E-state index in [1.165, 1.54) is 22.3 Å². The minimum atomic E-state index is 0.00992. The van der Waals surface area contributed by atoms with Crippen molar-refractivity contribution < 1.29 is 4.79 Å². The quantitative estimate of drug-likeness (QED) is 0.769. The van der Waals surface area contributed by atoms with Crippen LogP contribution in [0.2, 0.25) is 0 Å². The van der Waals surface area contributed by atoms with Gasteiger partial charge >= 0.3 is 0 Å². The number of carbonyl (C=O) groups is 1. The topological polar surface area (TPSA) is 83.9 Å². The number of aromatic nitrogens is 3. The third kappa shape index (κ3) is 2.70. The molecule has 2 aromatic rings. The molecule has 0 aliphatic carbocycles. The van der Waals surface area contributed by atoms with E-state index >= 15 is 0 Å². The summed E-state index contributed by atoms with van der Waals surface area (Å²) in [4.78, 5) is 16.1. The molecule has 1 aromatic carbocycles. The zero-order chi connectivity index (χ0) is 16.7. The Hall–Kier alpha value is -2.25. The Labute approximate surface area is 140 Å². The van der Waals surface area contributed by atoms with E-state index in [0.717, 1.165) is 6.54 Å². The lowest BCUT2D eigenvalue weighted by Crippen LogP contribution is -2.52. The van der Waals surface area contributed by atoms with Crippen molar-refractivity contribution in [2.24, 2.45) is 5.92 Å². The van der Waals surface area contributed by atoms with Crippen LogP contribution < -0.4 is 16.2 Å². The largest absolute Gasteiger partial charge is 0.339 e. The second-order valence-corrected chi connectivity index (χ2v) is 6.77. The Morgan fingerprint density at radius 1 is 1.29 bits per heavy atom. The fourth-order valence-electron chi connectivity index (χ4n) is 3.93. The van der Waals surface area contributed by atoms with Crippen molar-refractivity contribution in [1.29, 1.82) is 0 Å². The number of piperidine rings is 1. The molecule has 3 heterocycles. The molecule has 3 atom stereocenters. The maximum absolute atomic E-state index is 12.1. The predicted molar refractivity (Wildman–Crippen MR) is 89.0 cm³/mol. The first-order valence-corrected chi connectivity index (χ1v) is 8.32. The molecule has 3 N–H and O–H groups in total.